The first-order valence-corrected chi connectivity index (χ1v) is 15.1. The van der Waals surface area contributed by atoms with E-state index in [4.69, 9.17) is 9.72 Å². The molecule has 10 heteroatoms. The van der Waals surface area contributed by atoms with E-state index in [-0.39, 0.29) is 11.9 Å². The molecule has 32 heavy (non-hydrogen) atoms. The van der Waals surface area contributed by atoms with Gasteiger partial charge in [0.15, 0.2) is 5.65 Å². The van der Waals surface area contributed by atoms with Gasteiger partial charge >= 0.3 is 6.09 Å². The lowest BCUT2D eigenvalue weighted by atomic mass is 10.1. The zero-order valence-electron chi connectivity index (χ0n) is 19.1. The van der Waals surface area contributed by atoms with Crippen LogP contribution in [0.25, 0.3) is 11.2 Å². The Kier molecular flexibility index (Phi) is 6.52. The zero-order chi connectivity index (χ0) is 22.9. The SMILES string of the molecule is C[Si](C)(C)CCOCn1cc(C(=O)NC2CCCN(C(=O)O)C2)c2nc(C3CC3)cnc21. The highest BCUT2D eigenvalue weighted by atomic mass is 28.3. The van der Waals surface area contributed by atoms with E-state index in [2.05, 4.69) is 29.9 Å². The van der Waals surface area contributed by atoms with Crippen molar-refractivity contribution in [2.24, 2.45) is 0 Å². The van der Waals surface area contributed by atoms with Crippen LogP contribution in [0.2, 0.25) is 25.7 Å². The molecule has 1 saturated heterocycles. The summed E-state index contributed by atoms with van der Waals surface area (Å²) in [5.74, 6) is 0.192. The van der Waals surface area contributed by atoms with Crippen molar-refractivity contribution in [1.82, 2.24) is 24.8 Å². The lowest BCUT2D eigenvalue weighted by molar-refractivity contribution is 0.0872. The third kappa shape index (κ3) is 5.47. The van der Waals surface area contributed by atoms with Crippen molar-refractivity contribution in [2.45, 2.75) is 70.1 Å². The average molecular weight is 460 g/mol. The summed E-state index contributed by atoms with van der Waals surface area (Å²) in [5.41, 5.74) is 2.63. The van der Waals surface area contributed by atoms with E-state index < -0.39 is 14.2 Å². The van der Waals surface area contributed by atoms with Gasteiger partial charge in [-0.3, -0.25) is 4.79 Å². The van der Waals surface area contributed by atoms with E-state index in [9.17, 15) is 14.7 Å². The fourth-order valence-electron chi connectivity index (χ4n) is 3.98. The molecule has 9 nitrogen and oxygen atoms in total. The van der Waals surface area contributed by atoms with Crippen molar-refractivity contribution in [3.63, 3.8) is 0 Å². The first kappa shape index (κ1) is 22.7. The van der Waals surface area contributed by atoms with Crippen LogP contribution in [-0.4, -0.2) is 70.4 Å². The van der Waals surface area contributed by atoms with E-state index in [1.54, 1.807) is 6.20 Å². The molecule has 2 aliphatic rings. The van der Waals surface area contributed by atoms with E-state index in [0.29, 0.717) is 49.1 Å². The number of nitrogens with one attached hydrogen (secondary N) is 1. The first-order valence-electron chi connectivity index (χ1n) is 11.4. The van der Waals surface area contributed by atoms with Gasteiger partial charge in [-0.2, -0.15) is 0 Å². The number of ether oxygens (including phenoxy) is 1. The topological polar surface area (TPSA) is 110 Å². The molecule has 0 spiro atoms. The summed E-state index contributed by atoms with van der Waals surface area (Å²) in [5, 5.41) is 12.3. The van der Waals surface area contributed by atoms with Crippen molar-refractivity contribution in [1.29, 1.82) is 0 Å². The predicted octanol–water partition coefficient (Wildman–Crippen LogP) is 3.49. The van der Waals surface area contributed by atoms with Gasteiger partial charge in [-0.15, -0.1) is 0 Å². The maximum atomic E-state index is 13.2. The van der Waals surface area contributed by atoms with Crippen LogP contribution in [0.15, 0.2) is 12.4 Å². The number of carbonyl (C=O) groups is 2. The lowest BCUT2D eigenvalue weighted by Crippen LogP contribution is -2.49. The van der Waals surface area contributed by atoms with Gasteiger partial charge in [-0.25, -0.2) is 14.8 Å². The van der Waals surface area contributed by atoms with Crippen LogP contribution in [-0.2, 0) is 11.5 Å². The molecule has 0 aromatic carbocycles. The molecule has 2 N–H and O–H groups in total. The van der Waals surface area contributed by atoms with E-state index >= 15 is 0 Å². The maximum absolute atomic E-state index is 13.2. The fourth-order valence-corrected chi connectivity index (χ4v) is 4.74. The Bertz CT molecular complexity index is 998. The van der Waals surface area contributed by atoms with E-state index in [1.165, 1.54) is 4.90 Å². The molecule has 1 atom stereocenters. The van der Waals surface area contributed by atoms with Gasteiger partial charge in [0.05, 0.1) is 17.5 Å². The second-order valence-electron chi connectivity index (χ2n) is 10.1. The zero-order valence-corrected chi connectivity index (χ0v) is 20.1. The summed E-state index contributed by atoms with van der Waals surface area (Å²) < 4.78 is 7.75. The van der Waals surface area contributed by atoms with Crippen LogP contribution in [0, 0.1) is 0 Å². The Morgan fingerprint density at radius 3 is 2.75 bits per heavy atom. The molecule has 4 rings (SSSR count). The van der Waals surface area contributed by atoms with Gasteiger partial charge in [-0.05, 0) is 31.7 Å². The Morgan fingerprint density at radius 1 is 1.28 bits per heavy atom. The molecule has 174 valence electrons. The summed E-state index contributed by atoms with van der Waals surface area (Å²) in [6, 6.07) is 0.858. The van der Waals surface area contributed by atoms with Crippen molar-refractivity contribution in [3.05, 3.63) is 23.7 Å². The number of rotatable bonds is 8. The number of likely N-dealkylation sites (tertiary alicyclic amines) is 1. The molecular formula is C22H33N5O4Si. The number of carbonyl (C=O) groups excluding carboxylic acids is 1. The number of aromatic nitrogens is 3. The number of hydrogen-bond donors (Lipinski definition) is 2. The summed E-state index contributed by atoms with van der Waals surface area (Å²) in [4.78, 5) is 35.2. The summed E-state index contributed by atoms with van der Waals surface area (Å²) in [7, 11) is -1.19. The normalized spacial score (nSPS) is 19.3. The van der Waals surface area contributed by atoms with Crippen molar-refractivity contribution < 1.29 is 19.4 Å². The van der Waals surface area contributed by atoms with Crippen LogP contribution in [0.1, 0.15) is 47.7 Å². The second kappa shape index (κ2) is 9.19. The Balaban J connectivity index is 1.53. The monoisotopic (exact) mass is 459 g/mol. The molecule has 3 heterocycles. The molecular weight excluding hydrogens is 426 g/mol. The minimum atomic E-state index is -1.19. The number of fused-ring (bicyclic) bond motifs is 1. The number of hydrogen-bond acceptors (Lipinski definition) is 5. The number of nitrogens with zero attached hydrogens (tertiary/aromatic N) is 4. The highest BCUT2D eigenvalue weighted by Crippen LogP contribution is 2.39. The van der Waals surface area contributed by atoms with Crippen molar-refractivity contribution in [2.75, 3.05) is 19.7 Å². The van der Waals surface area contributed by atoms with Crippen LogP contribution < -0.4 is 5.32 Å². The number of amides is 2. The summed E-state index contributed by atoms with van der Waals surface area (Å²) >= 11 is 0. The first-order chi connectivity index (χ1) is 15.2. The minimum Gasteiger partial charge on any atom is -0.465 e. The van der Waals surface area contributed by atoms with Gasteiger partial charge in [0.2, 0.25) is 0 Å². The molecule has 2 fully saturated rings. The minimum absolute atomic E-state index is 0.210. The van der Waals surface area contributed by atoms with Crippen LogP contribution >= 0.6 is 0 Å². The third-order valence-corrected chi connectivity index (χ3v) is 7.78. The molecule has 1 aliphatic carbocycles. The Hall–Kier alpha value is -2.46. The standard InChI is InChI=1S/C22H33N5O4Si/c1-32(2,3)10-9-31-14-27-13-17(19-20(27)23-11-18(25-19)15-6-7-15)21(28)24-16-5-4-8-26(12-16)22(29)30/h11,13,15-16H,4-10,12,14H2,1-3H3,(H,24,28)(H,29,30). The van der Waals surface area contributed by atoms with Gasteiger partial charge in [0, 0.05) is 45.9 Å². The Labute approximate surface area is 189 Å². The lowest BCUT2D eigenvalue weighted by Gasteiger charge is -2.31. The fraction of sp³-hybridized carbons (Fsp3) is 0.636. The van der Waals surface area contributed by atoms with Crippen LogP contribution in [0.4, 0.5) is 4.79 Å². The smallest absolute Gasteiger partial charge is 0.407 e. The average Bonchev–Trinajstić information content (AvgIpc) is 3.52. The third-order valence-electron chi connectivity index (χ3n) is 6.08. The molecule has 0 bridgehead atoms. The van der Waals surface area contributed by atoms with Crippen molar-refractivity contribution >= 4 is 31.2 Å². The van der Waals surface area contributed by atoms with Crippen LogP contribution in [0.3, 0.4) is 0 Å². The molecule has 2 amide bonds. The Morgan fingerprint density at radius 2 is 2.06 bits per heavy atom. The molecule has 2 aromatic heterocycles. The largest absolute Gasteiger partial charge is 0.465 e. The molecule has 2 aromatic rings. The van der Waals surface area contributed by atoms with Gasteiger partial charge in [0.1, 0.15) is 12.2 Å². The van der Waals surface area contributed by atoms with Crippen molar-refractivity contribution in [3.8, 4) is 0 Å². The van der Waals surface area contributed by atoms with Gasteiger partial charge in [0.25, 0.3) is 5.91 Å². The quantitative estimate of drug-likeness (QED) is 0.462. The summed E-state index contributed by atoms with van der Waals surface area (Å²) in [6.07, 6.45) is 6.33. The predicted molar refractivity (Wildman–Crippen MR) is 124 cm³/mol. The highest BCUT2D eigenvalue weighted by Gasteiger charge is 2.29. The maximum Gasteiger partial charge on any atom is 0.407 e. The second-order valence-corrected chi connectivity index (χ2v) is 15.8. The summed E-state index contributed by atoms with van der Waals surface area (Å²) in [6.45, 7) is 8.74. The van der Waals surface area contributed by atoms with Crippen LogP contribution in [0.5, 0.6) is 0 Å². The van der Waals surface area contributed by atoms with Gasteiger partial charge in [-0.1, -0.05) is 19.6 Å². The molecule has 1 aliphatic heterocycles. The van der Waals surface area contributed by atoms with E-state index in [1.807, 2.05) is 10.8 Å². The molecule has 1 saturated carbocycles. The number of carboxylic acid groups (broad SMARTS) is 1. The van der Waals surface area contributed by atoms with Gasteiger partial charge < -0.3 is 24.6 Å². The molecule has 0 radical (unpaired) electrons. The highest BCUT2D eigenvalue weighted by molar-refractivity contribution is 6.76. The van der Waals surface area contributed by atoms with E-state index in [0.717, 1.165) is 37.4 Å². The number of piperidine rings is 1. The molecule has 1 unspecified atom stereocenters.